The minimum absolute atomic E-state index is 0.0357. The Bertz CT molecular complexity index is 649. The summed E-state index contributed by atoms with van der Waals surface area (Å²) in [6.07, 6.45) is 5.18. The first-order valence-electron chi connectivity index (χ1n) is 7.32. The second-order valence-corrected chi connectivity index (χ2v) is 6.17. The standard InChI is InChI=1S/C17H17NO3/c1-9-7-12(5-6-13(9)21-2)18-16(19)14-10-3-4-11(8-10)15(14)17(18)20/h3-7,10-11,14-15H,8H2,1-2H3/t10-,11-,14-,15+/m0/s1. The molecular formula is C17H17NO3. The van der Waals surface area contributed by atoms with Gasteiger partial charge in [-0.1, -0.05) is 12.2 Å². The lowest BCUT2D eigenvalue weighted by molar-refractivity contribution is -0.123. The number of fused-ring (bicyclic) bond motifs is 5. The molecule has 4 nitrogen and oxygen atoms in total. The van der Waals surface area contributed by atoms with E-state index in [0.717, 1.165) is 17.7 Å². The van der Waals surface area contributed by atoms with Crippen LogP contribution in [0.3, 0.4) is 0 Å². The van der Waals surface area contributed by atoms with Crippen molar-refractivity contribution in [1.82, 2.24) is 0 Å². The average Bonchev–Trinajstić information content (AvgIpc) is 3.13. The van der Waals surface area contributed by atoms with Crippen LogP contribution in [-0.2, 0) is 9.59 Å². The van der Waals surface area contributed by atoms with Crippen LogP contribution < -0.4 is 9.64 Å². The molecule has 2 bridgehead atoms. The number of amides is 2. The highest BCUT2D eigenvalue weighted by molar-refractivity contribution is 6.22. The largest absolute Gasteiger partial charge is 0.496 e. The van der Waals surface area contributed by atoms with Crippen LogP contribution in [0.5, 0.6) is 5.75 Å². The molecule has 21 heavy (non-hydrogen) atoms. The predicted octanol–water partition coefficient (Wildman–Crippen LogP) is 2.32. The average molecular weight is 283 g/mol. The van der Waals surface area contributed by atoms with E-state index in [1.54, 1.807) is 13.2 Å². The highest BCUT2D eigenvalue weighted by Crippen LogP contribution is 2.53. The van der Waals surface area contributed by atoms with Gasteiger partial charge in [-0.25, -0.2) is 0 Å². The lowest BCUT2D eigenvalue weighted by Gasteiger charge is -2.18. The maximum atomic E-state index is 12.7. The van der Waals surface area contributed by atoms with E-state index in [9.17, 15) is 9.59 Å². The first-order valence-corrected chi connectivity index (χ1v) is 7.32. The molecule has 2 fully saturated rings. The molecule has 2 aliphatic carbocycles. The molecule has 4 atom stereocenters. The molecule has 4 heteroatoms. The van der Waals surface area contributed by atoms with Crippen LogP contribution in [0.2, 0.25) is 0 Å². The van der Waals surface area contributed by atoms with Gasteiger partial charge in [0, 0.05) is 0 Å². The molecule has 1 aromatic rings. The van der Waals surface area contributed by atoms with Crippen LogP contribution in [0.1, 0.15) is 12.0 Å². The number of carbonyl (C=O) groups excluding carboxylic acids is 2. The molecule has 3 aliphatic rings. The van der Waals surface area contributed by atoms with Crippen molar-refractivity contribution in [1.29, 1.82) is 0 Å². The second-order valence-electron chi connectivity index (χ2n) is 6.17. The lowest BCUT2D eigenvalue weighted by Crippen LogP contribution is -2.32. The normalized spacial score (nSPS) is 33.0. The molecule has 1 saturated carbocycles. The molecular weight excluding hydrogens is 266 g/mol. The van der Waals surface area contributed by atoms with Crippen LogP contribution in [-0.4, -0.2) is 18.9 Å². The van der Waals surface area contributed by atoms with Crippen molar-refractivity contribution < 1.29 is 14.3 Å². The number of hydrogen-bond acceptors (Lipinski definition) is 3. The van der Waals surface area contributed by atoms with E-state index in [2.05, 4.69) is 12.2 Å². The van der Waals surface area contributed by atoms with E-state index in [4.69, 9.17) is 4.74 Å². The summed E-state index contributed by atoms with van der Waals surface area (Å²) in [7, 11) is 1.61. The Morgan fingerprint density at radius 2 is 1.71 bits per heavy atom. The summed E-state index contributed by atoms with van der Waals surface area (Å²) < 4.78 is 5.24. The molecule has 0 N–H and O–H groups in total. The maximum absolute atomic E-state index is 12.7. The van der Waals surface area contributed by atoms with Gasteiger partial charge in [0.15, 0.2) is 0 Å². The topological polar surface area (TPSA) is 46.6 Å². The van der Waals surface area contributed by atoms with E-state index < -0.39 is 0 Å². The van der Waals surface area contributed by atoms with Crippen molar-refractivity contribution in [2.45, 2.75) is 13.3 Å². The highest BCUT2D eigenvalue weighted by Gasteiger charge is 2.59. The van der Waals surface area contributed by atoms with Crippen LogP contribution in [0.4, 0.5) is 5.69 Å². The Morgan fingerprint density at radius 1 is 1.10 bits per heavy atom. The molecule has 1 aromatic carbocycles. The first kappa shape index (κ1) is 12.6. The number of imide groups is 1. The van der Waals surface area contributed by atoms with Crippen molar-refractivity contribution >= 4 is 17.5 Å². The van der Waals surface area contributed by atoms with Gasteiger partial charge < -0.3 is 4.74 Å². The molecule has 1 saturated heterocycles. The van der Waals surface area contributed by atoms with Crippen molar-refractivity contribution in [2.75, 3.05) is 12.0 Å². The summed E-state index contributed by atoms with van der Waals surface area (Å²) in [5.74, 6) is 0.906. The number of carbonyl (C=O) groups is 2. The van der Waals surface area contributed by atoms with Crippen molar-refractivity contribution in [3.63, 3.8) is 0 Å². The van der Waals surface area contributed by atoms with Crippen LogP contribution >= 0.6 is 0 Å². The quantitative estimate of drug-likeness (QED) is 0.618. The third kappa shape index (κ3) is 1.56. The number of aryl methyl sites for hydroxylation is 1. The zero-order valence-corrected chi connectivity index (χ0v) is 12.1. The maximum Gasteiger partial charge on any atom is 0.238 e. The number of ether oxygens (including phenoxy) is 1. The van der Waals surface area contributed by atoms with E-state index in [-0.39, 0.29) is 35.5 Å². The summed E-state index contributed by atoms with van der Waals surface area (Å²) >= 11 is 0. The summed E-state index contributed by atoms with van der Waals surface area (Å²) in [6, 6.07) is 5.45. The fraction of sp³-hybridized carbons (Fsp3) is 0.412. The van der Waals surface area contributed by atoms with Crippen LogP contribution in [0.15, 0.2) is 30.4 Å². The SMILES string of the molecule is COc1ccc(N2C(=O)[C@@H]3[C@H](C2=O)[C@H]2C=C[C@H]3C2)cc1C. The second kappa shape index (κ2) is 4.20. The molecule has 0 aromatic heterocycles. The number of allylic oxidation sites excluding steroid dienone is 2. The van der Waals surface area contributed by atoms with Gasteiger partial charge in [-0.05, 0) is 48.9 Å². The van der Waals surface area contributed by atoms with Gasteiger partial charge in [-0.3, -0.25) is 14.5 Å². The molecule has 0 unspecified atom stereocenters. The highest BCUT2D eigenvalue weighted by atomic mass is 16.5. The van der Waals surface area contributed by atoms with Gasteiger partial charge in [0.05, 0.1) is 24.6 Å². The smallest absolute Gasteiger partial charge is 0.238 e. The van der Waals surface area contributed by atoms with E-state index in [1.807, 2.05) is 19.1 Å². The molecule has 4 rings (SSSR count). The third-order valence-electron chi connectivity index (χ3n) is 5.11. The van der Waals surface area contributed by atoms with Crippen molar-refractivity contribution in [3.05, 3.63) is 35.9 Å². The first-order chi connectivity index (χ1) is 10.1. The van der Waals surface area contributed by atoms with Crippen LogP contribution in [0, 0.1) is 30.6 Å². The number of anilines is 1. The number of rotatable bonds is 2. The zero-order valence-electron chi connectivity index (χ0n) is 12.1. The summed E-state index contributed by atoms with van der Waals surface area (Å²) in [4.78, 5) is 26.8. The van der Waals surface area contributed by atoms with E-state index in [1.165, 1.54) is 4.90 Å². The van der Waals surface area contributed by atoms with Gasteiger partial charge in [-0.2, -0.15) is 0 Å². The number of methoxy groups -OCH3 is 1. The van der Waals surface area contributed by atoms with Gasteiger partial charge >= 0.3 is 0 Å². The minimum atomic E-state index is -0.144. The van der Waals surface area contributed by atoms with Gasteiger partial charge in [0.2, 0.25) is 11.8 Å². The Hall–Kier alpha value is -2.10. The van der Waals surface area contributed by atoms with E-state index >= 15 is 0 Å². The third-order valence-corrected chi connectivity index (χ3v) is 5.11. The number of hydrogen-bond donors (Lipinski definition) is 0. The molecule has 0 radical (unpaired) electrons. The Balaban J connectivity index is 1.72. The van der Waals surface area contributed by atoms with Crippen molar-refractivity contribution in [3.8, 4) is 5.75 Å². The monoisotopic (exact) mass is 283 g/mol. The number of benzene rings is 1. The van der Waals surface area contributed by atoms with Gasteiger partial charge in [0.1, 0.15) is 5.75 Å². The Morgan fingerprint density at radius 3 is 2.24 bits per heavy atom. The molecule has 1 heterocycles. The molecule has 1 aliphatic heterocycles. The lowest BCUT2D eigenvalue weighted by atomic mass is 9.85. The van der Waals surface area contributed by atoms with Crippen molar-refractivity contribution in [2.24, 2.45) is 23.7 Å². The minimum Gasteiger partial charge on any atom is -0.496 e. The summed E-state index contributed by atoms with van der Waals surface area (Å²) in [5, 5.41) is 0. The van der Waals surface area contributed by atoms with Crippen LogP contribution in [0.25, 0.3) is 0 Å². The van der Waals surface area contributed by atoms with Gasteiger partial charge in [-0.15, -0.1) is 0 Å². The van der Waals surface area contributed by atoms with E-state index in [0.29, 0.717) is 5.69 Å². The molecule has 0 spiro atoms. The molecule has 2 amide bonds. The Labute approximate surface area is 123 Å². The summed E-state index contributed by atoms with van der Waals surface area (Å²) in [5.41, 5.74) is 1.59. The summed E-state index contributed by atoms with van der Waals surface area (Å²) in [6.45, 7) is 1.92. The Kier molecular flexibility index (Phi) is 2.52. The fourth-order valence-electron chi connectivity index (χ4n) is 4.16. The zero-order chi connectivity index (χ0) is 14.7. The van der Waals surface area contributed by atoms with Gasteiger partial charge in [0.25, 0.3) is 0 Å². The predicted molar refractivity (Wildman–Crippen MR) is 77.9 cm³/mol. The number of nitrogens with zero attached hydrogens (tertiary/aromatic N) is 1. The molecule has 108 valence electrons. The fourth-order valence-corrected chi connectivity index (χ4v) is 4.16.